The Morgan fingerprint density at radius 3 is 2.88 bits per heavy atom. The Morgan fingerprint density at radius 2 is 2.06 bits per heavy atom. The summed E-state index contributed by atoms with van der Waals surface area (Å²) in [7, 11) is 0. The first-order chi connectivity index (χ1) is 8.34. The Labute approximate surface area is 101 Å². The van der Waals surface area contributed by atoms with E-state index in [2.05, 4.69) is 24.3 Å². The van der Waals surface area contributed by atoms with E-state index in [1.54, 1.807) is 0 Å². The Hall–Kier alpha value is -1.35. The van der Waals surface area contributed by atoms with Crippen LogP contribution in [0.4, 0.5) is 0 Å². The van der Waals surface area contributed by atoms with Gasteiger partial charge in [0.25, 0.3) is 0 Å². The van der Waals surface area contributed by atoms with E-state index in [0.717, 1.165) is 25.8 Å². The number of ether oxygens (including phenoxy) is 1. The molecule has 1 unspecified atom stereocenters. The minimum Gasteiger partial charge on any atom is -0.370 e. The summed E-state index contributed by atoms with van der Waals surface area (Å²) in [5, 5.41) is 0. The van der Waals surface area contributed by atoms with Crippen LogP contribution in [0.15, 0.2) is 24.3 Å². The van der Waals surface area contributed by atoms with Gasteiger partial charge >= 0.3 is 0 Å². The van der Waals surface area contributed by atoms with Crippen LogP contribution < -0.4 is 0 Å². The quantitative estimate of drug-likeness (QED) is 0.731. The summed E-state index contributed by atoms with van der Waals surface area (Å²) in [4.78, 5) is 13.8. The van der Waals surface area contributed by atoms with Crippen LogP contribution in [0.2, 0.25) is 0 Å². The summed E-state index contributed by atoms with van der Waals surface area (Å²) in [6.07, 6.45) is 3.18. The molecule has 1 heterocycles. The number of benzene rings is 1. The molecule has 0 N–H and O–H groups in total. The molecule has 1 amide bonds. The zero-order valence-corrected chi connectivity index (χ0v) is 9.89. The van der Waals surface area contributed by atoms with Gasteiger partial charge in [-0.1, -0.05) is 24.3 Å². The fraction of sp³-hybridized carbons (Fsp3) is 0.500. The van der Waals surface area contributed by atoms with Gasteiger partial charge in [-0.2, -0.15) is 0 Å². The molecule has 2 aliphatic rings. The smallest absolute Gasteiger partial charge is 0.248 e. The molecule has 1 aromatic rings. The lowest BCUT2D eigenvalue weighted by Gasteiger charge is -2.37. The average molecular weight is 231 g/mol. The molecule has 90 valence electrons. The van der Waals surface area contributed by atoms with Crippen LogP contribution in [0.3, 0.4) is 0 Å². The summed E-state index contributed by atoms with van der Waals surface area (Å²) in [6.45, 7) is 1.70. The van der Waals surface area contributed by atoms with Crippen LogP contribution in [-0.4, -0.2) is 36.6 Å². The van der Waals surface area contributed by atoms with E-state index in [-0.39, 0.29) is 12.5 Å². The minimum atomic E-state index is 0.153. The molecule has 0 radical (unpaired) electrons. The number of carbonyl (C=O) groups excluding carboxylic acids is 1. The molecule has 0 bridgehead atoms. The van der Waals surface area contributed by atoms with Crippen molar-refractivity contribution >= 4 is 5.91 Å². The number of aryl methyl sites for hydroxylation is 1. The molecular formula is C14H17NO2. The number of morpholine rings is 1. The Balaban J connectivity index is 1.77. The van der Waals surface area contributed by atoms with Crippen LogP contribution in [0.25, 0.3) is 0 Å². The number of hydrogen-bond acceptors (Lipinski definition) is 2. The highest BCUT2D eigenvalue weighted by atomic mass is 16.5. The van der Waals surface area contributed by atoms with Gasteiger partial charge in [0.05, 0.1) is 6.61 Å². The molecular weight excluding hydrogens is 214 g/mol. The molecule has 1 aliphatic carbocycles. The van der Waals surface area contributed by atoms with Crippen molar-refractivity contribution in [3.63, 3.8) is 0 Å². The van der Waals surface area contributed by atoms with E-state index in [4.69, 9.17) is 4.74 Å². The molecule has 1 aliphatic heterocycles. The van der Waals surface area contributed by atoms with Gasteiger partial charge in [-0.3, -0.25) is 4.79 Å². The number of hydrogen-bond donors (Lipinski definition) is 0. The van der Waals surface area contributed by atoms with Crippen LogP contribution in [-0.2, 0) is 22.4 Å². The highest BCUT2D eigenvalue weighted by molar-refractivity contribution is 5.78. The van der Waals surface area contributed by atoms with Crippen molar-refractivity contribution in [2.24, 2.45) is 0 Å². The van der Waals surface area contributed by atoms with Crippen LogP contribution in [0.5, 0.6) is 0 Å². The lowest BCUT2D eigenvalue weighted by atomic mass is 9.87. The third-order valence-corrected chi connectivity index (χ3v) is 3.78. The van der Waals surface area contributed by atoms with Gasteiger partial charge in [0.1, 0.15) is 6.61 Å². The maximum absolute atomic E-state index is 11.8. The summed E-state index contributed by atoms with van der Waals surface area (Å²) < 4.78 is 5.18. The maximum atomic E-state index is 11.8. The first-order valence-electron chi connectivity index (χ1n) is 6.28. The standard InChI is InChI=1S/C14H17NO2/c16-14-10-17-8-7-15(14)13-6-5-11-3-1-2-4-12(11)9-13/h1-4,13H,5-10H2. The third kappa shape index (κ3) is 2.07. The SMILES string of the molecule is O=C1COCCN1C1CCc2ccccc2C1. The maximum Gasteiger partial charge on any atom is 0.248 e. The monoisotopic (exact) mass is 231 g/mol. The average Bonchev–Trinajstić information content (AvgIpc) is 2.39. The van der Waals surface area contributed by atoms with Gasteiger partial charge in [0, 0.05) is 12.6 Å². The molecule has 1 saturated heterocycles. The van der Waals surface area contributed by atoms with Crippen LogP contribution >= 0.6 is 0 Å². The van der Waals surface area contributed by atoms with E-state index in [0.29, 0.717) is 12.6 Å². The van der Waals surface area contributed by atoms with Crippen molar-refractivity contribution in [3.05, 3.63) is 35.4 Å². The number of amides is 1. The van der Waals surface area contributed by atoms with Gasteiger partial charge in [-0.15, -0.1) is 0 Å². The molecule has 3 rings (SSSR count). The van der Waals surface area contributed by atoms with Gasteiger partial charge in [-0.25, -0.2) is 0 Å². The highest BCUT2D eigenvalue weighted by Crippen LogP contribution is 2.25. The predicted molar refractivity (Wildman–Crippen MR) is 64.8 cm³/mol. The molecule has 1 fully saturated rings. The first kappa shape index (κ1) is 10.8. The minimum absolute atomic E-state index is 0.153. The van der Waals surface area contributed by atoms with E-state index in [1.165, 1.54) is 11.1 Å². The van der Waals surface area contributed by atoms with Crippen LogP contribution in [0.1, 0.15) is 17.5 Å². The van der Waals surface area contributed by atoms with Crippen molar-refractivity contribution < 1.29 is 9.53 Å². The number of rotatable bonds is 1. The van der Waals surface area contributed by atoms with Gasteiger partial charge < -0.3 is 9.64 Å². The Kier molecular flexibility index (Phi) is 2.85. The summed E-state index contributed by atoms with van der Waals surface area (Å²) in [6, 6.07) is 8.95. The molecule has 3 heteroatoms. The molecule has 3 nitrogen and oxygen atoms in total. The normalized spacial score (nSPS) is 24.6. The van der Waals surface area contributed by atoms with Crippen molar-refractivity contribution in [2.75, 3.05) is 19.8 Å². The summed E-state index contributed by atoms with van der Waals surface area (Å²) >= 11 is 0. The van der Waals surface area contributed by atoms with Crippen molar-refractivity contribution in [1.29, 1.82) is 0 Å². The topological polar surface area (TPSA) is 29.5 Å². The Morgan fingerprint density at radius 1 is 1.24 bits per heavy atom. The first-order valence-corrected chi connectivity index (χ1v) is 6.28. The number of nitrogens with zero attached hydrogens (tertiary/aromatic N) is 1. The third-order valence-electron chi connectivity index (χ3n) is 3.78. The largest absolute Gasteiger partial charge is 0.370 e. The van der Waals surface area contributed by atoms with Crippen molar-refractivity contribution in [2.45, 2.75) is 25.3 Å². The summed E-state index contributed by atoms with van der Waals surface area (Å²) in [5.41, 5.74) is 2.85. The second-order valence-corrected chi connectivity index (χ2v) is 4.81. The molecule has 1 aromatic carbocycles. The lowest BCUT2D eigenvalue weighted by Crippen LogP contribution is -2.49. The van der Waals surface area contributed by atoms with Crippen molar-refractivity contribution in [3.8, 4) is 0 Å². The number of fused-ring (bicyclic) bond motifs is 1. The molecule has 0 aromatic heterocycles. The zero-order valence-electron chi connectivity index (χ0n) is 9.89. The second-order valence-electron chi connectivity index (χ2n) is 4.81. The number of carbonyl (C=O) groups is 1. The summed E-state index contributed by atoms with van der Waals surface area (Å²) in [5.74, 6) is 0.153. The van der Waals surface area contributed by atoms with E-state index in [9.17, 15) is 4.79 Å². The lowest BCUT2D eigenvalue weighted by molar-refractivity contribution is -0.145. The van der Waals surface area contributed by atoms with Gasteiger partial charge in [0.2, 0.25) is 5.91 Å². The predicted octanol–water partition coefficient (Wildman–Crippen LogP) is 1.40. The van der Waals surface area contributed by atoms with Crippen molar-refractivity contribution in [1.82, 2.24) is 4.90 Å². The van der Waals surface area contributed by atoms with Gasteiger partial charge in [-0.05, 0) is 30.4 Å². The fourth-order valence-corrected chi connectivity index (χ4v) is 2.86. The molecule has 0 spiro atoms. The van der Waals surface area contributed by atoms with E-state index < -0.39 is 0 Å². The zero-order chi connectivity index (χ0) is 11.7. The second kappa shape index (κ2) is 4.49. The van der Waals surface area contributed by atoms with E-state index >= 15 is 0 Å². The van der Waals surface area contributed by atoms with Gasteiger partial charge in [0.15, 0.2) is 0 Å². The fourth-order valence-electron chi connectivity index (χ4n) is 2.86. The van der Waals surface area contributed by atoms with E-state index in [1.807, 2.05) is 4.90 Å². The molecule has 1 atom stereocenters. The molecule has 17 heavy (non-hydrogen) atoms. The van der Waals surface area contributed by atoms with Crippen LogP contribution in [0, 0.1) is 0 Å². The highest BCUT2D eigenvalue weighted by Gasteiger charge is 2.29. The Bertz CT molecular complexity index is 430. The molecule has 0 saturated carbocycles.